The maximum absolute atomic E-state index is 13.3. The molecule has 2 aliphatic rings. The van der Waals surface area contributed by atoms with Crippen LogP contribution in [-0.4, -0.2) is 13.1 Å². The minimum Gasteiger partial charge on any atom is -0.370 e. The highest BCUT2D eigenvalue weighted by Crippen LogP contribution is 2.49. The Balaban J connectivity index is 1.75. The molecule has 0 atom stereocenters. The van der Waals surface area contributed by atoms with Crippen molar-refractivity contribution in [2.45, 2.75) is 25.8 Å². The van der Waals surface area contributed by atoms with Gasteiger partial charge in [0.25, 0.3) is 0 Å². The molecule has 1 spiro atoms. The van der Waals surface area contributed by atoms with Crippen LogP contribution in [0.2, 0.25) is 0 Å². The van der Waals surface area contributed by atoms with Crippen molar-refractivity contribution in [2.75, 3.05) is 18.0 Å². The smallest absolute Gasteiger partial charge is 0.127 e. The van der Waals surface area contributed by atoms with Crippen LogP contribution < -0.4 is 10.6 Å². The SMILES string of the molecule is NCc1cc(N2CC3(CCC3)C2)ccc1F. The van der Waals surface area contributed by atoms with Gasteiger partial charge in [0.15, 0.2) is 0 Å². The van der Waals surface area contributed by atoms with Crippen LogP contribution in [0.1, 0.15) is 24.8 Å². The number of hydrogen-bond acceptors (Lipinski definition) is 2. The van der Waals surface area contributed by atoms with E-state index in [1.165, 1.54) is 25.3 Å². The molecule has 1 aromatic carbocycles. The van der Waals surface area contributed by atoms with Crippen LogP contribution in [-0.2, 0) is 6.54 Å². The minimum atomic E-state index is -0.190. The Hall–Kier alpha value is -1.09. The quantitative estimate of drug-likeness (QED) is 0.828. The number of benzene rings is 1. The van der Waals surface area contributed by atoms with Gasteiger partial charge in [-0.25, -0.2) is 4.39 Å². The average molecular weight is 220 g/mol. The first kappa shape index (κ1) is 10.1. The molecule has 0 amide bonds. The molecule has 86 valence electrons. The molecular formula is C13H17FN2. The third-order valence-corrected chi connectivity index (χ3v) is 4.08. The van der Waals surface area contributed by atoms with Gasteiger partial charge in [0.05, 0.1) is 0 Å². The Morgan fingerprint density at radius 1 is 1.31 bits per heavy atom. The summed E-state index contributed by atoms with van der Waals surface area (Å²) in [6, 6.07) is 5.28. The summed E-state index contributed by atoms with van der Waals surface area (Å²) in [7, 11) is 0. The van der Waals surface area contributed by atoms with Crippen molar-refractivity contribution in [3.8, 4) is 0 Å². The zero-order valence-corrected chi connectivity index (χ0v) is 9.38. The second-order valence-electron chi connectivity index (χ2n) is 5.19. The standard InChI is InChI=1S/C13H17FN2/c14-12-3-2-11(6-10(12)7-15)16-8-13(9-16)4-1-5-13/h2-3,6H,1,4-5,7-9,15H2. The van der Waals surface area contributed by atoms with Crippen molar-refractivity contribution in [3.63, 3.8) is 0 Å². The Bertz CT molecular complexity index is 404. The third-order valence-electron chi connectivity index (χ3n) is 4.08. The highest BCUT2D eigenvalue weighted by molar-refractivity contribution is 5.52. The molecule has 0 aromatic heterocycles. The Morgan fingerprint density at radius 2 is 2.06 bits per heavy atom. The van der Waals surface area contributed by atoms with E-state index in [9.17, 15) is 4.39 Å². The normalized spacial score (nSPS) is 21.8. The summed E-state index contributed by atoms with van der Waals surface area (Å²) in [6.07, 6.45) is 4.12. The zero-order chi connectivity index (χ0) is 11.2. The van der Waals surface area contributed by atoms with E-state index >= 15 is 0 Å². The van der Waals surface area contributed by atoms with Crippen molar-refractivity contribution >= 4 is 5.69 Å². The second-order valence-corrected chi connectivity index (χ2v) is 5.19. The number of hydrogen-bond donors (Lipinski definition) is 1. The molecule has 2 N–H and O–H groups in total. The molecule has 3 heteroatoms. The van der Waals surface area contributed by atoms with Crippen LogP contribution in [0, 0.1) is 11.2 Å². The maximum Gasteiger partial charge on any atom is 0.127 e. The van der Waals surface area contributed by atoms with Gasteiger partial charge < -0.3 is 10.6 Å². The summed E-state index contributed by atoms with van der Waals surface area (Å²) in [6.45, 7) is 2.56. The lowest BCUT2D eigenvalue weighted by Crippen LogP contribution is -2.59. The van der Waals surface area contributed by atoms with E-state index in [0.29, 0.717) is 11.0 Å². The van der Waals surface area contributed by atoms with Crippen molar-refractivity contribution in [2.24, 2.45) is 11.1 Å². The van der Waals surface area contributed by atoms with Crippen LogP contribution in [0.25, 0.3) is 0 Å². The number of rotatable bonds is 2. The highest BCUT2D eigenvalue weighted by Gasteiger charge is 2.47. The van der Waals surface area contributed by atoms with Gasteiger partial charge in [-0.05, 0) is 31.0 Å². The summed E-state index contributed by atoms with van der Waals surface area (Å²) >= 11 is 0. The lowest BCUT2D eigenvalue weighted by Gasteiger charge is -2.57. The fourth-order valence-corrected chi connectivity index (χ4v) is 2.85. The van der Waals surface area contributed by atoms with Crippen LogP contribution in [0.4, 0.5) is 10.1 Å². The number of nitrogens with two attached hydrogens (primary N) is 1. The van der Waals surface area contributed by atoms with E-state index in [2.05, 4.69) is 4.90 Å². The molecule has 3 rings (SSSR count). The predicted octanol–water partition coefficient (Wildman–Crippen LogP) is 2.27. The number of anilines is 1. The van der Waals surface area contributed by atoms with E-state index in [1.54, 1.807) is 0 Å². The Labute approximate surface area is 95.2 Å². The van der Waals surface area contributed by atoms with Crippen molar-refractivity contribution in [1.82, 2.24) is 0 Å². The van der Waals surface area contributed by atoms with E-state index < -0.39 is 0 Å². The lowest BCUT2D eigenvalue weighted by molar-refractivity contribution is 0.0904. The lowest BCUT2D eigenvalue weighted by atomic mass is 9.63. The molecule has 2 nitrogen and oxygen atoms in total. The third kappa shape index (κ3) is 1.42. The van der Waals surface area contributed by atoms with Crippen molar-refractivity contribution in [3.05, 3.63) is 29.6 Å². The number of halogens is 1. The van der Waals surface area contributed by atoms with E-state index in [1.807, 2.05) is 12.1 Å². The molecule has 0 radical (unpaired) electrons. The molecular weight excluding hydrogens is 203 g/mol. The maximum atomic E-state index is 13.3. The minimum absolute atomic E-state index is 0.190. The highest BCUT2D eigenvalue weighted by atomic mass is 19.1. The fraction of sp³-hybridized carbons (Fsp3) is 0.538. The Morgan fingerprint density at radius 3 is 2.62 bits per heavy atom. The molecule has 0 unspecified atom stereocenters. The monoisotopic (exact) mass is 220 g/mol. The Kier molecular flexibility index (Phi) is 2.18. The molecule has 2 fully saturated rings. The van der Waals surface area contributed by atoms with Gasteiger partial charge in [-0.1, -0.05) is 6.42 Å². The summed E-state index contributed by atoms with van der Waals surface area (Å²) in [5.41, 5.74) is 7.86. The first-order valence-corrected chi connectivity index (χ1v) is 5.96. The molecule has 1 saturated carbocycles. The topological polar surface area (TPSA) is 29.3 Å². The van der Waals surface area contributed by atoms with Gasteiger partial charge in [-0.2, -0.15) is 0 Å². The summed E-state index contributed by atoms with van der Waals surface area (Å²) in [4.78, 5) is 2.33. The van der Waals surface area contributed by atoms with Gasteiger partial charge in [-0.15, -0.1) is 0 Å². The molecule has 1 aliphatic carbocycles. The van der Waals surface area contributed by atoms with Crippen LogP contribution in [0.5, 0.6) is 0 Å². The van der Waals surface area contributed by atoms with Gasteiger partial charge in [0.2, 0.25) is 0 Å². The first-order chi connectivity index (χ1) is 7.72. The van der Waals surface area contributed by atoms with Gasteiger partial charge >= 0.3 is 0 Å². The van der Waals surface area contributed by atoms with Crippen LogP contribution in [0.15, 0.2) is 18.2 Å². The van der Waals surface area contributed by atoms with Crippen LogP contribution >= 0.6 is 0 Å². The molecule has 16 heavy (non-hydrogen) atoms. The van der Waals surface area contributed by atoms with Crippen molar-refractivity contribution < 1.29 is 4.39 Å². The molecule has 1 heterocycles. The van der Waals surface area contributed by atoms with E-state index in [0.717, 1.165) is 18.8 Å². The van der Waals surface area contributed by atoms with Gasteiger partial charge in [0, 0.05) is 36.3 Å². The van der Waals surface area contributed by atoms with Crippen LogP contribution in [0.3, 0.4) is 0 Å². The zero-order valence-electron chi connectivity index (χ0n) is 9.38. The largest absolute Gasteiger partial charge is 0.370 e. The summed E-state index contributed by atoms with van der Waals surface area (Å²) in [5.74, 6) is -0.190. The molecule has 0 bridgehead atoms. The second kappa shape index (κ2) is 3.45. The first-order valence-electron chi connectivity index (χ1n) is 5.96. The molecule has 1 saturated heterocycles. The van der Waals surface area contributed by atoms with Gasteiger partial charge in [0.1, 0.15) is 5.82 Å². The molecule has 1 aliphatic heterocycles. The molecule has 1 aromatic rings. The van der Waals surface area contributed by atoms with Crippen molar-refractivity contribution in [1.29, 1.82) is 0 Å². The van der Waals surface area contributed by atoms with Gasteiger partial charge in [-0.3, -0.25) is 0 Å². The number of nitrogens with zero attached hydrogens (tertiary/aromatic N) is 1. The average Bonchev–Trinajstić information content (AvgIpc) is 2.16. The fourth-order valence-electron chi connectivity index (χ4n) is 2.85. The summed E-state index contributed by atoms with van der Waals surface area (Å²) in [5, 5.41) is 0. The summed E-state index contributed by atoms with van der Waals surface area (Å²) < 4.78 is 13.3. The van der Waals surface area contributed by atoms with E-state index in [4.69, 9.17) is 5.73 Å². The predicted molar refractivity (Wildman–Crippen MR) is 62.8 cm³/mol. The van der Waals surface area contributed by atoms with E-state index in [-0.39, 0.29) is 12.4 Å².